The Kier molecular flexibility index (Phi) is 4.55. The molecule has 30 heavy (non-hydrogen) atoms. The van der Waals surface area contributed by atoms with Crippen LogP contribution in [0, 0.1) is 5.82 Å². The maximum atomic E-state index is 13.5. The summed E-state index contributed by atoms with van der Waals surface area (Å²) >= 11 is 0. The summed E-state index contributed by atoms with van der Waals surface area (Å²) in [5.74, 6) is 0.349. The Morgan fingerprint density at radius 1 is 1.07 bits per heavy atom. The van der Waals surface area contributed by atoms with E-state index in [9.17, 15) is 9.18 Å². The number of fused-ring (bicyclic) bond motifs is 2. The van der Waals surface area contributed by atoms with E-state index in [1.54, 1.807) is 36.7 Å². The fourth-order valence-corrected chi connectivity index (χ4v) is 3.63. The molecule has 0 spiro atoms. The van der Waals surface area contributed by atoms with Crippen LogP contribution in [-0.2, 0) is 6.54 Å². The van der Waals surface area contributed by atoms with Crippen molar-refractivity contribution in [1.82, 2.24) is 14.9 Å². The van der Waals surface area contributed by atoms with Crippen LogP contribution in [0.5, 0.6) is 11.5 Å². The van der Waals surface area contributed by atoms with E-state index in [1.807, 2.05) is 28.8 Å². The Morgan fingerprint density at radius 2 is 1.90 bits per heavy atom. The van der Waals surface area contributed by atoms with E-state index in [-0.39, 0.29) is 18.5 Å². The smallest absolute Gasteiger partial charge is 0.255 e. The van der Waals surface area contributed by atoms with Gasteiger partial charge in [-0.05, 0) is 42.0 Å². The number of hydrogen-bond donors (Lipinski definition) is 1. The standard InChI is InChI=1S/C23H18FN3O3/c24-16-10-8-15(9-11-16)19(12-27-13-25-18-5-1-2-6-20(18)27)26-23(28)17-4-3-7-21-22(17)30-14-29-21/h1-11,13,19H,12,14H2,(H,26,28). The molecule has 0 aliphatic carbocycles. The fourth-order valence-electron chi connectivity index (χ4n) is 3.63. The lowest BCUT2D eigenvalue weighted by Crippen LogP contribution is -2.31. The molecule has 1 aromatic heterocycles. The minimum Gasteiger partial charge on any atom is -0.454 e. The molecule has 1 N–H and O–H groups in total. The number of aromatic nitrogens is 2. The zero-order valence-corrected chi connectivity index (χ0v) is 15.9. The van der Waals surface area contributed by atoms with E-state index < -0.39 is 6.04 Å². The molecule has 0 saturated heterocycles. The molecule has 150 valence electrons. The van der Waals surface area contributed by atoms with E-state index in [4.69, 9.17) is 9.47 Å². The van der Waals surface area contributed by atoms with E-state index >= 15 is 0 Å². The zero-order valence-electron chi connectivity index (χ0n) is 15.9. The number of hydrogen-bond acceptors (Lipinski definition) is 4. The van der Waals surface area contributed by atoms with Gasteiger partial charge in [-0.15, -0.1) is 0 Å². The summed E-state index contributed by atoms with van der Waals surface area (Å²) in [6.45, 7) is 0.520. The number of nitrogens with zero attached hydrogens (tertiary/aromatic N) is 2. The molecule has 6 nitrogen and oxygen atoms in total. The van der Waals surface area contributed by atoms with E-state index in [1.165, 1.54) is 12.1 Å². The highest BCUT2D eigenvalue weighted by atomic mass is 19.1. The predicted octanol–water partition coefficient (Wildman–Crippen LogP) is 4.08. The second kappa shape index (κ2) is 7.51. The van der Waals surface area contributed by atoms with Gasteiger partial charge in [-0.25, -0.2) is 9.37 Å². The number of amides is 1. The molecular weight excluding hydrogens is 385 g/mol. The van der Waals surface area contributed by atoms with Gasteiger partial charge in [0.2, 0.25) is 6.79 Å². The molecule has 7 heteroatoms. The molecule has 3 aromatic carbocycles. The van der Waals surface area contributed by atoms with Gasteiger partial charge in [0.05, 0.1) is 29.0 Å². The van der Waals surface area contributed by atoms with Crippen LogP contribution in [-0.4, -0.2) is 22.3 Å². The molecular formula is C23H18FN3O3. The van der Waals surface area contributed by atoms with Crippen LogP contribution in [0.1, 0.15) is 22.0 Å². The number of benzene rings is 3. The van der Waals surface area contributed by atoms with Gasteiger partial charge < -0.3 is 19.4 Å². The third-order valence-corrected chi connectivity index (χ3v) is 5.13. The lowest BCUT2D eigenvalue weighted by molar-refractivity contribution is 0.0928. The monoisotopic (exact) mass is 403 g/mol. The van der Waals surface area contributed by atoms with Crippen LogP contribution >= 0.6 is 0 Å². The van der Waals surface area contributed by atoms with Crippen molar-refractivity contribution in [3.05, 3.63) is 90.0 Å². The molecule has 1 aliphatic rings. The molecule has 5 rings (SSSR count). The number of halogens is 1. The molecule has 0 saturated carbocycles. The van der Waals surface area contributed by atoms with Gasteiger partial charge in [-0.3, -0.25) is 4.79 Å². The second-order valence-corrected chi connectivity index (χ2v) is 7.00. The Balaban J connectivity index is 1.48. The second-order valence-electron chi connectivity index (χ2n) is 7.00. The predicted molar refractivity (Wildman–Crippen MR) is 109 cm³/mol. The zero-order chi connectivity index (χ0) is 20.5. The van der Waals surface area contributed by atoms with Crippen LogP contribution in [0.3, 0.4) is 0 Å². The van der Waals surface area contributed by atoms with Gasteiger partial charge in [0.25, 0.3) is 5.91 Å². The lowest BCUT2D eigenvalue weighted by Gasteiger charge is -2.21. The Hall–Kier alpha value is -3.87. The van der Waals surface area contributed by atoms with Crippen molar-refractivity contribution in [2.45, 2.75) is 12.6 Å². The average Bonchev–Trinajstić information content (AvgIpc) is 3.41. The number of nitrogens with one attached hydrogen (secondary N) is 1. The van der Waals surface area contributed by atoms with Crippen LogP contribution in [0.15, 0.2) is 73.1 Å². The van der Waals surface area contributed by atoms with Gasteiger partial charge in [-0.2, -0.15) is 0 Å². The Bertz CT molecular complexity index is 1220. The van der Waals surface area contributed by atoms with E-state index in [0.29, 0.717) is 23.6 Å². The van der Waals surface area contributed by atoms with Gasteiger partial charge >= 0.3 is 0 Å². The molecule has 0 bridgehead atoms. The first-order chi connectivity index (χ1) is 14.7. The minimum absolute atomic E-state index is 0.0854. The summed E-state index contributed by atoms with van der Waals surface area (Å²) in [6, 6.07) is 18.7. The number of carbonyl (C=O) groups is 1. The molecule has 1 unspecified atom stereocenters. The van der Waals surface area contributed by atoms with Crippen LogP contribution in [0.4, 0.5) is 4.39 Å². The highest BCUT2D eigenvalue weighted by Crippen LogP contribution is 2.35. The van der Waals surface area contributed by atoms with Crippen molar-refractivity contribution < 1.29 is 18.7 Å². The van der Waals surface area contributed by atoms with Crippen LogP contribution in [0.25, 0.3) is 11.0 Å². The van der Waals surface area contributed by atoms with Crippen molar-refractivity contribution in [2.24, 2.45) is 0 Å². The average molecular weight is 403 g/mol. The molecule has 2 heterocycles. The summed E-state index contributed by atoms with van der Waals surface area (Å²) in [5.41, 5.74) is 3.00. The number of ether oxygens (including phenoxy) is 2. The number of carbonyl (C=O) groups excluding carboxylic acids is 1. The van der Waals surface area contributed by atoms with Gasteiger partial charge in [0, 0.05) is 6.54 Å². The molecule has 0 fully saturated rings. The first kappa shape index (κ1) is 18.2. The first-order valence-corrected chi connectivity index (χ1v) is 9.54. The Labute approximate surface area is 171 Å². The van der Waals surface area contributed by atoms with Crippen molar-refractivity contribution in [3.8, 4) is 11.5 Å². The van der Waals surface area contributed by atoms with Crippen molar-refractivity contribution in [1.29, 1.82) is 0 Å². The van der Waals surface area contributed by atoms with Crippen molar-refractivity contribution in [3.63, 3.8) is 0 Å². The Morgan fingerprint density at radius 3 is 2.77 bits per heavy atom. The molecule has 1 atom stereocenters. The van der Waals surface area contributed by atoms with Crippen molar-refractivity contribution >= 4 is 16.9 Å². The maximum absolute atomic E-state index is 13.5. The minimum atomic E-state index is -0.408. The molecule has 1 amide bonds. The topological polar surface area (TPSA) is 65.4 Å². The molecule has 1 aliphatic heterocycles. The quantitative estimate of drug-likeness (QED) is 0.546. The summed E-state index contributed by atoms with van der Waals surface area (Å²) in [6.07, 6.45) is 1.74. The fraction of sp³-hybridized carbons (Fsp3) is 0.130. The number of imidazole rings is 1. The summed E-state index contributed by atoms with van der Waals surface area (Å²) < 4.78 is 26.3. The van der Waals surface area contributed by atoms with Crippen molar-refractivity contribution in [2.75, 3.05) is 6.79 Å². The van der Waals surface area contributed by atoms with Gasteiger partial charge in [0.1, 0.15) is 5.82 Å². The summed E-state index contributed by atoms with van der Waals surface area (Å²) in [4.78, 5) is 17.5. The third-order valence-electron chi connectivity index (χ3n) is 5.13. The summed E-state index contributed by atoms with van der Waals surface area (Å²) in [5, 5.41) is 3.06. The number of para-hydroxylation sites is 3. The van der Waals surface area contributed by atoms with Crippen LogP contribution in [0.2, 0.25) is 0 Å². The third kappa shape index (κ3) is 3.34. The number of rotatable bonds is 5. The van der Waals surface area contributed by atoms with Gasteiger partial charge in [0.15, 0.2) is 11.5 Å². The summed E-state index contributed by atoms with van der Waals surface area (Å²) in [7, 11) is 0. The molecule has 4 aromatic rings. The highest BCUT2D eigenvalue weighted by molar-refractivity contribution is 5.98. The first-order valence-electron chi connectivity index (χ1n) is 9.54. The van der Waals surface area contributed by atoms with E-state index in [0.717, 1.165) is 16.6 Å². The van der Waals surface area contributed by atoms with E-state index in [2.05, 4.69) is 10.3 Å². The van der Waals surface area contributed by atoms with Gasteiger partial charge in [-0.1, -0.05) is 30.3 Å². The normalized spacial score (nSPS) is 13.4. The largest absolute Gasteiger partial charge is 0.454 e. The maximum Gasteiger partial charge on any atom is 0.255 e. The molecule has 0 radical (unpaired) electrons. The highest BCUT2D eigenvalue weighted by Gasteiger charge is 2.24. The van der Waals surface area contributed by atoms with Crippen LogP contribution < -0.4 is 14.8 Å². The SMILES string of the molecule is O=C(NC(Cn1cnc2ccccc21)c1ccc(F)cc1)c1cccc2c1OCO2. The lowest BCUT2D eigenvalue weighted by atomic mass is 10.1.